The summed E-state index contributed by atoms with van der Waals surface area (Å²) in [4.78, 5) is 12.7. The van der Waals surface area contributed by atoms with Gasteiger partial charge in [0.1, 0.15) is 0 Å². The van der Waals surface area contributed by atoms with Gasteiger partial charge >= 0.3 is 6.03 Å². The molecule has 2 amide bonds. The molecule has 0 aliphatic carbocycles. The average molecular weight is 163 g/mol. The van der Waals surface area contributed by atoms with E-state index in [0.29, 0.717) is 0 Å². The van der Waals surface area contributed by atoms with E-state index >= 15 is 0 Å². The molecule has 0 spiro atoms. The first-order valence-electron chi connectivity index (χ1n) is 3.67. The number of urea groups is 1. The van der Waals surface area contributed by atoms with E-state index in [0.717, 1.165) is 5.69 Å². The Balaban J connectivity index is 2.78. The lowest BCUT2D eigenvalue weighted by Crippen LogP contribution is -2.34. The first kappa shape index (κ1) is 8.59. The number of benzene rings is 1. The fraction of sp³-hybridized carbons (Fsp3) is 0.222. The molecule has 0 aromatic heterocycles. The number of rotatable bonds is 1. The van der Waals surface area contributed by atoms with Crippen LogP contribution in [-0.2, 0) is 0 Å². The number of nitrogens with zero attached hydrogens (tertiary/aromatic N) is 1. The number of nitrogens with one attached hydrogen (secondary N) is 1. The number of hydrogen-bond donors (Lipinski definition) is 1. The van der Waals surface area contributed by atoms with Crippen molar-refractivity contribution in [1.29, 1.82) is 0 Å². The molecule has 12 heavy (non-hydrogen) atoms. The monoisotopic (exact) mass is 163 g/mol. The van der Waals surface area contributed by atoms with Crippen LogP contribution >= 0.6 is 0 Å². The van der Waals surface area contributed by atoms with Crippen LogP contribution in [-0.4, -0.2) is 20.1 Å². The van der Waals surface area contributed by atoms with E-state index in [2.05, 4.69) is 11.4 Å². The molecule has 0 fully saturated rings. The summed E-state index contributed by atoms with van der Waals surface area (Å²) in [7, 11) is 3.32. The molecule has 0 saturated carbocycles. The van der Waals surface area contributed by atoms with Gasteiger partial charge in [0.25, 0.3) is 0 Å². The maximum atomic E-state index is 11.1. The molecule has 0 aliphatic heterocycles. The van der Waals surface area contributed by atoms with Crippen molar-refractivity contribution in [3.8, 4) is 0 Å². The predicted molar refractivity (Wildman–Crippen MR) is 48.1 cm³/mol. The normalized spacial score (nSPS) is 9.17. The second kappa shape index (κ2) is 3.76. The van der Waals surface area contributed by atoms with Crippen LogP contribution in [0.4, 0.5) is 10.5 Å². The van der Waals surface area contributed by atoms with Gasteiger partial charge < -0.3 is 5.32 Å². The Morgan fingerprint density at radius 2 is 2.08 bits per heavy atom. The minimum atomic E-state index is -0.124. The summed E-state index contributed by atoms with van der Waals surface area (Å²) in [6, 6.07) is 9.96. The number of carbonyl (C=O) groups is 1. The zero-order chi connectivity index (χ0) is 8.97. The summed E-state index contributed by atoms with van der Waals surface area (Å²) in [5, 5.41) is 2.54. The van der Waals surface area contributed by atoms with Crippen molar-refractivity contribution in [2.45, 2.75) is 0 Å². The molecule has 1 radical (unpaired) electrons. The Kier molecular flexibility index (Phi) is 2.69. The van der Waals surface area contributed by atoms with E-state index in [9.17, 15) is 4.79 Å². The zero-order valence-electron chi connectivity index (χ0n) is 7.16. The molecule has 1 aromatic carbocycles. The number of carbonyl (C=O) groups excluding carboxylic acids is 1. The van der Waals surface area contributed by atoms with Crippen molar-refractivity contribution in [3.63, 3.8) is 0 Å². The maximum absolute atomic E-state index is 11.1. The first-order valence-corrected chi connectivity index (χ1v) is 3.67. The molecule has 1 aromatic rings. The Labute approximate surface area is 72.0 Å². The molecule has 1 N–H and O–H groups in total. The van der Waals surface area contributed by atoms with Gasteiger partial charge in [0.2, 0.25) is 0 Å². The molecule has 63 valence electrons. The highest BCUT2D eigenvalue weighted by Gasteiger charge is 2.06. The summed E-state index contributed by atoms with van der Waals surface area (Å²) < 4.78 is 0. The highest BCUT2D eigenvalue weighted by Crippen LogP contribution is 2.09. The quantitative estimate of drug-likeness (QED) is 0.664. The van der Waals surface area contributed by atoms with Crippen LogP contribution < -0.4 is 10.2 Å². The Bertz CT molecular complexity index is 258. The van der Waals surface area contributed by atoms with Crippen molar-refractivity contribution in [1.82, 2.24) is 5.32 Å². The third-order valence-corrected chi connectivity index (χ3v) is 1.61. The second-order valence-corrected chi connectivity index (χ2v) is 2.37. The summed E-state index contributed by atoms with van der Waals surface area (Å²) in [5.74, 6) is 0. The fourth-order valence-corrected chi connectivity index (χ4v) is 0.887. The third kappa shape index (κ3) is 1.75. The Morgan fingerprint density at radius 1 is 1.50 bits per heavy atom. The molecule has 3 heteroatoms. The van der Waals surface area contributed by atoms with Crippen LogP contribution in [0, 0.1) is 6.07 Å². The smallest absolute Gasteiger partial charge is 0.321 e. The summed E-state index contributed by atoms with van der Waals surface area (Å²) in [5.41, 5.74) is 0.855. The third-order valence-electron chi connectivity index (χ3n) is 1.61. The van der Waals surface area contributed by atoms with Gasteiger partial charge in [-0.3, -0.25) is 4.90 Å². The highest BCUT2D eigenvalue weighted by molar-refractivity contribution is 5.91. The standard InChI is InChI=1S/C9H11N2O/c1-10-9(12)11(2)8-6-4-3-5-7-8/h4-7H,1-2H3,(H,10,12). The minimum absolute atomic E-state index is 0.124. The Morgan fingerprint density at radius 3 is 2.58 bits per heavy atom. The van der Waals surface area contributed by atoms with E-state index in [4.69, 9.17) is 0 Å². The lowest BCUT2D eigenvalue weighted by atomic mass is 10.3. The minimum Gasteiger partial charge on any atom is -0.341 e. The molecule has 1 rings (SSSR count). The van der Waals surface area contributed by atoms with Crippen LogP contribution in [0.15, 0.2) is 24.3 Å². The Hall–Kier alpha value is -1.51. The SMILES string of the molecule is CNC(=O)N(C)c1cc[c]cc1. The highest BCUT2D eigenvalue weighted by atomic mass is 16.2. The van der Waals surface area contributed by atoms with E-state index in [1.165, 1.54) is 4.90 Å². The summed E-state index contributed by atoms with van der Waals surface area (Å²) >= 11 is 0. The van der Waals surface area contributed by atoms with Crippen molar-refractivity contribution in [2.75, 3.05) is 19.0 Å². The van der Waals surface area contributed by atoms with E-state index in [1.54, 1.807) is 26.2 Å². The molecular formula is C9H11N2O. The molecule has 3 nitrogen and oxygen atoms in total. The van der Waals surface area contributed by atoms with Gasteiger partial charge in [-0.15, -0.1) is 0 Å². The lowest BCUT2D eigenvalue weighted by molar-refractivity contribution is 0.249. The maximum Gasteiger partial charge on any atom is 0.321 e. The van der Waals surface area contributed by atoms with E-state index in [-0.39, 0.29) is 6.03 Å². The summed E-state index contributed by atoms with van der Waals surface area (Å²) in [6.07, 6.45) is 0. The number of anilines is 1. The van der Waals surface area contributed by atoms with Crippen LogP contribution in [0.3, 0.4) is 0 Å². The topological polar surface area (TPSA) is 32.3 Å². The van der Waals surface area contributed by atoms with Gasteiger partial charge in [0, 0.05) is 19.8 Å². The molecule has 0 unspecified atom stereocenters. The molecular weight excluding hydrogens is 152 g/mol. The zero-order valence-corrected chi connectivity index (χ0v) is 7.16. The van der Waals surface area contributed by atoms with Crippen molar-refractivity contribution < 1.29 is 4.79 Å². The lowest BCUT2D eigenvalue weighted by Gasteiger charge is -2.15. The fourth-order valence-electron chi connectivity index (χ4n) is 0.887. The van der Waals surface area contributed by atoms with Gasteiger partial charge in [0.15, 0.2) is 0 Å². The summed E-state index contributed by atoms with van der Waals surface area (Å²) in [6.45, 7) is 0. The van der Waals surface area contributed by atoms with Gasteiger partial charge in [-0.2, -0.15) is 0 Å². The van der Waals surface area contributed by atoms with Gasteiger partial charge in [-0.25, -0.2) is 4.79 Å². The average Bonchev–Trinajstić information content (AvgIpc) is 2.17. The molecule has 0 atom stereocenters. The van der Waals surface area contributed by atoms with E-state index in [1.807, 2.05) is 12.1 Å². The van der Waals surface area contributed by atoms with Gasteiger partial charge in [-0.1, -0.05) is 12.1 Å². The van der Waals surface area contributed by atoms with Crippen molar-refractivity contribution >= 4 is 11.7 Å². The molecule has 0 bridgehead atoms. The molecule has 0 saturated heterocycles. The van der Waals surface area contributed by atoms with Gasteiger partial charge in [-0.05, 0) is 18.2 Å². The number of hydrogen-bond acceptors (Lipinski definition) is 1. The van der Waals surface area contributed by atoms with E-state index < -0.39 is 0 Å². The van der Waals surface area contributed by atoms with Crippen molar-refractivity contribution in [2.24, 2.45) is 0 Å². The van der Waals surface area contributed by atoms with Crippen LogP contribution in [0.5, 0.6) is 0 Å². The molecule has 0 heterocycles. The number of amides is 2. The second-order valence-electron chi connectivity index (χ2n) is 2.37. The molecule has 0 aliphatic rings. The van der Waals surface area contributed by atoms with Crippen LogP contribution in [0.2, 0.25) is 0 Å². The van der Waals surface area contributed by atoms with Crippen molar-refractivity contribution in [3.05, 3.63) is 30.3 Å². The first-order chi connectivity index (χ1) is 5.75. The predicted octanol–water partition coefficient (Wildman–Crippen LogP) is 1.26. The van der Waals surface area contributed by atoms with Crippen LogP contribution in [0.1, 0.15) is 0 Å². The largest absolute Gasteiger partial charge is 0.341 e. The van der Waals surface area contributed by atoms with Crippen LogP contribution in [0.25, 0.3) is 0 Å². The van der Waals surface area contributed by atoms with Gasteiger partial charge in [0.05, 0.1) is 0 Å².